The van der Waals surface area contributed by atoms with Crippen molar-refractivity contribution in [3.05, 3.63) is 66.2 Å². The van der Waals surface area contributed by atoms with Gasteiger partial charge in [0.25, 0.3) is 0 Å². The first kappa shape index (κ1) is 13.8. The lowest BCUT2D eigenvalue weighted by molar-refractivity contribution is -0.118. The molecule has 0 aliphatic carbocycles. The maximum atomic E-state index is 12.2. The molecule has 1 unspecified atom stereocenters. The van der Waals surface area contributed by atoms with Gasteiger partial charge in [-0.2, -0.15) is 0 Å². The Balaban J connectivity index is 1.98. The molecule has 2 aromatic carbocycles. The van der Waals surface area contributed by atoms with Gasteiger partial charge < -0.3 is 5.11 Å². The number of benzene rings is 2. The van der Waals surface area contributed by atoms with E-state index in [0.717, 1.165) is 10.5 Å². The van der Waals surface area contributed by atoms with Gasteiger partial charge in [-0.1, -0.05) is 48.5 Å². The summed E-state index contributed by atoms with van der Waals surface area (Å²) in [6.45, 7) is -0.141. The SMILES string of the molecule is O=C(CSc1ccccc1)C(CO)c1ccccc1. The summed E-state index contributed by atoms with van der Waals surface area (Å²) in [5, 5.41) is 9.42. The van der Waals surface area contributed by atoms with E-state index in [1.807, 2.05) is 60.7 Å². The second-order valence-electron chi connectivity index (χ2n) is 4.21. The van der Waals surface area contributed by atoms with E-state index in [0.29, 0.717) is 5.75 Å². The molecule has 0 aliphatic rings. The third-order valence-corrected chi connectivity index (χ3v) is 3.93. The van der Waals surface area contributed by atoms with Gasteiger partial charge in [0.1, 0.15) is 0 Å². The number of rotatable bonds is 6. The first-order valence-electron chi connectivity index (χ1n) is 6.17. The number of Topliss-reactive ketones (excluding diaryl/α,β-unsaturated/α-hetero) is 1. The first-order chi connectivity index (χ1) is 9.31. The Labute approximate surface area is 117 Å². The maximum Gasteiger partial charge on any atom is 0.152 e. The zero-order valence-corrected chi connectivity index (χ0v) is 11.3. The van der Waals surface area contributed by atoms with Crippen molar-refractivity contribution >= 4 is 17.5 Å². The van der Waals surface area contributed by atoms with Crippen LogP contribution in [0.25, 0.3) is 0 Å². The van der Waals surface area contributed by atoms with Crippen LogP contribution < -0.4 is 0 Å². The molecular formula is C16H16O2S. The second kappa shape index (κ2) is 7.12. The zero-order chi connectivity index (χ0) is 13.5. The topological polar surface area (TPSA) is 37.3 Å². The van der Waals surface area contributed by atoms with Crippen LogP contribution in [0.5, 0.6) is 0 Å². The molecule has 0 heterocycles. The normalized spacial score (nSPS) is 12.1. The molecule has 2 nitrogen and oxygen atoms in total. The molecule has 0 aliphatic heterocycles. The van der Waals surface area contributed by atoms with Crippen molar-refractivity contribution in [2.45, 2.75) is 10.8 Å². The lowest BCUT2D eigenvalue weighted by Crippen LogP contribution is -2.18. The number of ketones is 1. The third kappa shape index (κ3) is 3.94. The minimum absolute atomic E-state index is 0.0579. The molecule has 0 bridgehead atoms. The Bertz CT molecular complexity index is 511. The van der Waals surface area contributed by atoms with E-state index in [4.69, 9.17) is 0 Å². The summed E-state index contributed by atoms with van der Waals surface area (Å²) < 4.78 is 0. The predicted octanol–water partition coefficient (Wildman–Crippen LogP) is 3.12. The van der Waals surface area contributed by atoms with Gasteiger partial charge in [0, 0.05) is 4.90 Å². The van der Waals surface area contributed by atoms with E-state index in [2.05, 4.69) is 0 Å². The van der Waals surface area contributed by atoms with Gasteiger partial charge in [-0.05, 0) is 17.7 Å². The van der Waals surface area contributed by atoms with Crippen LogP contribution in [-0.2, 0) is 4.79 Å². The van der Waals surface area contributed by atoms with E-state index in [9.17, 15) is 9.90 Å². The molecule has 1 atom stereocenters. The molecule has 98 valence electrons. The van der Waals surface area contributed by atoms with Crippen molar-refractivity contribution in [2.24, 2.45) is 0 Å². The van der Waals surface area contributed by atoms with Gasteiger partial charge >= 0.3 is 0 Å². The molecular weight excluding hydrogens is 256 g/mol. The second-order valence-corrected chi connectivity index (χ2v) is 5.26. The van der Waals surface area contributed by atoms with E-state index < -0.39 is 5.92 Å². The molecule has 0 saturated heterocycles. The van der Waals surface area contributed by atoms with Crippen LogP contribution in [0, 0.1) is 0 Å². The Morgan fingerprint density at radius 3 is 2.16 bits per heavy atom. The highest BCUT2D eigenvalue weighted by Gasteiger charge is 2.19. The molecule has 0 aromatic heterocycles. The number of thioether (sulfide) groups is 1. The fraction of sp³-hybridized carbons (Fsp3) is 0.188. The van der Waals surface area contributed by atoms with Crippen LogP contribution >= 0.6 is 11.8 Å². The average molecular weight is 272 g/mol. The zero-order valence-electron chi connectivity index (χ0n) is 10.5. The molecule has 0 spiro atoms. The van der Waals surface area contributed by atoms with Crippen molar-refractivity contribution in [1.29, 1.82) is 0 Å². The van der Waals surface area contributed by atoms with E-state index in [1.54, 1.807) is 0 Å². The molecule has 19 heavy (non-hydrogen) atoms. The van der Waals surface area contributed by atoms with Crippen LogP contribution in [0.1, 0.15) is 11.5 Å². The van der Waals surface area contributed by atoms with Crippen molar-refractivity contribution in [1.82, 2.24) is 0 Å². The van der Waals surface area contributed by atoms with Gasteiger partial charge in [-0.15, -0.1) is 11.8 Å². The lowest BCUT2D eigenvalue weighted by Gasteiger charge is -2.13. The fourth-order valence-electron chi connectivity index (χ4n) is 1.85. The summed E-state index contributed by atoms with van der Waals surface area (Å²) in [6, 6.07) is 19.3. The highest BCUT2D eigenvalue weighted by atomic mass is 32.2. The summed E-state index contributed by atoms with van der Waals surface area (Å²) in [7, 11) is 0. The van der Waals surface area contributed by atoms with Crippen molar-refractivity contribution in [2.75, 3.05) is 12.4 Å². The van der Waals surface area contributed by atoms with Crippen LogP contribution in [-0.4, -0.2) is 23.2 Å². The quantitative estimate of drug-likeness (QED) is 0.821. The lowest BCUT2D eigenvalue weighted by atomic mass is 9.96. The Kier molecular flexibility index (Phi) is 5.19. The maximum absolute atomic E-state index is 12.2. The minimum atomic E-state index is -0.419. The fourth-order valence-corrected chi connectivity index (χ4v) is 2.71. The standard InChI is InChI=1S/C16H16O2S/c17-11-15(13-7-3-1-4-8-13)16(18)12-19-14-9-5-2-6-10-14/h1-10,15,17H,11-12H2. The van der Waals surface area contributed by atoms with Gasteiger partial charge in [0.2, 0.25) is 0 Å². The third-order valence-electron chi connectivity index (χ3n) is 2.90. The van der Waals surface area contributed by atoms with Crippen molar-refractivity contribution in [3.63, 3.8) is 0 Å². The predicted molar refractivity (Wildman–Crippen MR) is 78.4 cm³/mol. The number of hydrogen-bond acceptors (Lipinski definition) is 3. The summed E-state index contributed by atoms with van der Waals surface area (Å²) >= 11 is 1.51. The molecule has 3 heteroatoms. The number of aliphatic hydroxyl groups is 1. The monoisotopic (exact) mass is 272 g/mol. The number of carbonyl (C=O) groups excluding carboxylic acids is 1. The smallest absolute Gasteiger partial charge is 0.152 e. The molecule has 2 rings (SSSR count). The molecule has 0 saturated carbocycles. The van der Waals surface area contributed by atoms with E-state index >= 15 is 0 Å². The van der Waals surface area contributed by atoms with Gasteiger partial charge in [-0.3, -0.25) is 4.79 Å². The largest absolute Gasteiger partial charge is 0.395 e. The van der Waals surface area contributed by atoms with Gasteiger partial charge in [0.05, 0.1) is 18.3 Å². The van der Waals surface area contributed by atoms with Crippen LogP contribution in [0.2, 0.25) is 0 Å². The summed E-state index contributed by atoms with van der Waals surface area (Å²) in [5.41, 5.74) is 0.878. The van der Waals surface area contributed by atoms with Crippen molar-refractivity contribution in [3.8, 4) is 0 Å². The average Bonchev–Trinajstić information content (AvgIpc) is 2.48. The van der Waals surface area contributed by atoms with Crippen LogP contribution in [0.4, 0.5) is 0 Å². The summed E-state index contributed by atoms with van der Waals surface area (Å²) in [6.07, 6.45) is 0. The van der Waals surface area contributed by atoms with Crippen LogP contribution in [0.15, 0.2) is 65.6 Å². The molecule has 0 fully saturated rings. The number of carbonyl (C=O) groups is 1. The molecule has 1 N–H and O–H groups in total. The minimum Gasteiger partial charge on any atom is -0.395 e. The van der Waals surface area contributed by atoms with Crippen molar-refractivity contribution < 1.29 is 9.90 Å². The summed E-state index contributed by atoms with van der Waals surface area (Å²) in [5.74, 6) is 0.0180. The Morgan fingerprint density at radius 2 is 1.58 bits per heavy atom. The first-order valence-corrected chi connectivity index (χ1v) is 7.16. The molecule has 2 aromatic rings. The van der Waals surface area contributed by atoms with E-state index in [1.165, 1.54) is 11.8 Å². The molecule has 0 amide bonds. The highest BCUT2D eigenvalue weighted by molar-refractivity contribution is 8.00. The number of hydrogen-bond donors (Lipinski definition) is 1. The van der Waals surface area contributed by atoms with E-state index in [-0.39, 0.29) is 12.4 Å². The Morgan fingerprint density at radius 1 is 1.00 bits per heavy atom. The highest BCUT2D eigenvalue weighted by Crippen LogP contribution is 2.22. The van der Waals surface area contributed by atoms with Gasteiger partial charge in [0.15, 0.2) is 5.78 Å². The molecule has 0 radical (unpaired) electrons. The van der Waals surface area contributed by atoms with Gasteiger partial charge in [-0.25, -0.2) is 0 Å². The Hall–Kier alpha value is -1.58. The number of aliphatic hydroxyl groups excluding tert-OH is 1. The van der Waals surface area contributed by atoms with Crippen LogP contribution in [0.3, 0.4) is 0 Å². The summed E-state index contributed by atoms with van der Waals surface area (Å²) in [4.78, 5) is 13.2.